The van der Waals surface area contributed by atoms with Crippen molar-refractivity contribution in [2.45, 2.75) is 32.4 Å². The number of aromatic amines is 1. The molecule has 3 aromatic rings. The number of fused-ring (bicyclic) bond motifs is 1. The lowest BCUT2D eigenvalue weighted by atomic mass is 10.1. The number of carbonyl (C=O) groups is 1. The molecule has 1 aliphatic heterocycles. The van der Waals surface area contributed by atoms with Crippen molar-refractivity contribution < 1.29 is 4.79 Å². The van der Waals surface area contributed by atoms with E-state index in [4.69, 9.17) is 0 Å². The zero-order chi connectivity index (χ0) is 20.4. The summed E-state index contributed by atoms with van der Waals surface area (Å²) in [7, 11) is 0. The van der Waals surface area contributed by atoms with Crippen LogP contribution < -0.4 is 21.3 Å². The van der Waals surface area contributed by atoms with Gasteiger partial charge in [-0.15, -0.1) is 0 Å². The average Bonchev–Trinajstić information content (AvgIpc) is 2.70. The molecule has 0 unspecified atom stereocenters. The van der Waals surface area contributed by atoms with E-state index in [1.807, 2.05) is 11.0 Å². The molecule has 150 valence electrons. The Morgan fingerprint density at radius 3 is 2.76 bits per heavy atom. The number of rotatable bonds is 4. The van der Waals surface area contributed by atoms with Gasteiger partial charge in [0, 0.05) is 30.9 Å². The number of benzene rings is 1. The van der Waals surface area contributed by atoms with Crippen LogP contribution >= 0.6 is 0 Å². The van der Waals surface area contributed by atoms with Gasteiger partial charge in [-0.2, -0.15) is 0 Å². The first-order valence-electron chi connectivity index (χ1n) is 9.56. The summed E-state index contributed by atoms with van der Waals surface area (Å²) in [6, 6.07) is 8.54. The predicted octanol–water partition coefficient (Wildman–Crippen LogP) is 0.573. The molecule has 2 aromatic heterocycles. The lowest BCUT2D eigenvalue weighted by Gasteiger charge is -2.32. The summed E-state index contributed by atoms with van der Waals surface area (Å²) in [6.45, 7) is 3.07. The Morgan fingerprint density at radius 1 is 1.24 bits per heavy atom. The number of aryl methyl sites for hydroxylation is 1. The summed E-state index contributed by atoms with van der Waals surface area (Å²) in [5.74, 6) is 0.346. The fraction of sp³-hybridized carbons (Fsp3) is 0.350. The molecule has 3 heterocycles. The molecule has 1 fully saturated rings. The van der Waals surface area contributed by atoms with E-state index in [2.05, 4.69) is 20.3 Å². The van der Waals surface area contributed by atoms with Crippen LogP contribution in [0.1, 0.15) is 18.5 Å². The standard InChI is InChI=1S/C20H22N6O3/c1-13-10-17(27)24-20(22-13)25-8-6-14(7-9-25)23-18(28)11-26-12-21-16-5-3-2-4-15(16)19(26)29/h2-5,10,12,14H,6-9,11H2,1H3,(H,23,28)(H,22,24,27). The highest BCUT2D eigenvalue weighted by Crippen LogP contribution is 2.15. The zero-order valence-corrected chi connectivity index (χ0v) is 16.1. The van der Waals surface area contributed by atoms with Crippen LogP contribution in [0.4, 0.5) is 5.95 Å². The van der Waals surface area contributed by atoms with Gasteiger partial charge in [-0.25, -0.2) is 9.97 Å². The molecule has 0 aliphatic carbocycles. The molecule has 4 rings (SSSR count). The first-order valence-corrected chi connectivity index (χ1v) is 9.56. The largest absolute Gasteiger partial charge is 0.352 e. The topological polar surface area (TPSA) is 113 Å². The second-order valence-electron chi connectivity index (χ2n) is 7.23. The van der Waals surface area contributed by atoms with E-state index in [0.29, 0.717) is 35.6 Å². The average molecular weight is 394 g/mol. The number of nitrogens with zero attached hydrogens (tertiary/aromatic N) is 4. The van der Waals surface area contributed by atoms with Crippen molar-refractivity contribution in [1.29, 1.82) is 0 Å². The van der Waals surface area contributed by atoms with Crippen molar-refractivity contribution >= 4 is 22.8 Å². The van der Waals surface area contributed by atoms with Gasteiger partial charge in [0.25, 0.3) is 11.1 Å². The van der Waals surface area contributed by atoms with Crippen LogP contribution in [0.3, 0.4) is 0 Å². The number of piperidine rings is 1. The number of amides is 1. The Kier molecular flexibility index (Phi) is 5.11. The number of nitrogens with one attached hydrogen (secondary N) is 2. The summed E-state index contributed by atoms with van der Waals surface area (Å²) in [5.41, 5.74) is 0.894. The minimum atomic E-state index is -0.227. The van der Waals surface area contributed by atoms with Gasteiger partial charge in [0.2, 0.25) is 11.9 Å². The van der Waals surface area contributed by atoms with Gasteiger partial charge in [0.15, 0.2) is 0 Å². The summed E-state index contributed by atoms with van der Waals surface area (Å²) in [6.07, 6.45) is 2.87. The Balaban J connectivity index is 1.36. The molecule has 0 spiro atoms. The normalized spacial score (nSPS) is 14.9. The molecule has 0 radical (unpaired) electrons. The monoisotopic (exact) mass is 394 g/mol. The third-order valence-corrected chi connectivity index (χ3v) is 5.06. The van der Waals surface area contributed by atoms with Crippen molar-refractivity contribution in [3.8, 4) is 0 Å². The fourth-order valence-electron chi connectivity index (χ4n) is 3.60. The number of hydrogen-bond donors (Lipinski definition) is 2. The van der Waals surface area contributed by atoms with E-state index in [1.165, 1.54) is 17.0 Å². The van der Waals surface area contributed by atoms with E-state index in [1.54, 1.807) is 25.1 Å². The molecular formula is C20H22N6O3. The number of anilines is 1. The minimum Gasteiger partial charge on any atom is -0.352 e. The van der Waals surface area contributed by atoms with Crippen molar-refractivity contribution in [1.82, 2.24) is 24.8 Å². The first kappa shape index (κ1) is 18.9. The zero-order valence-electron chi connectivity index (χ0n) is 16.1. The summed E-state index contributed by atoms with van der Waals surface area (Å²) >= 11 is 0. The van der Waals surface area contributed by atoms with Crippen molar-refractivity contribution in [2.75, 3.05) is 18.0 Å². The van der Waals surface area contributed by atoms with E-state index in [0.717, 1.165) is 12.8 Å². The third-order valence-electron chi connectivity index (χ3n) is 5.06. The predicted molar refractivity (Wildman–Crippen MR) is 109 cm³/mol. The second kappa shape index (κ2) is 7.86. The third kappa shape index (κ3) is 4.18. The van der Waals surface area contributed by atoms with Gasteiger partial charge in [0.1, 0.15) is 6.54 Å². The lowest BCUT2D eigenvalue weighted by molar-refractivity contribution is -0.122. The minimum absolute atomic E-state index is 0.0133. The summed E-state index contributed by atoms with van der Waals surface area (Å²) in [4.78, 5) is 50.0. The smallest absolute Gasteiger partial charge is 0.261 e. The van der Waals surface area contributed by atoms with Crippen LogP contribution in [0, 0.1) is 6.92 Å². The van der Waals surface area contributed by atoms with Crippen LogP contribution in [-0.4, -0.2) is 44.6 Å². The molecule has 2 N–H and O–H groups in total. The van der Waals surface area contributed by atoms with Gasteiger partial charge in [-0.1, -0.05) is 12.1 Å². The Hall–Kier alpha value is -3.49. The van der Waals surface area contributed by atoms with Gasteiger partial charge >= 0.3 is 0 Å². The number of H-pyrrole nitrogens is 1. The molecule has 1 saturated heterocycles. The highest BCUT2D eigenvalue weighted by molar-refractivity contribution is 5.79. The molecule has 9 nitrogen and oxygen atoms in total. The lowest BCUT2D eigenvalue weighted by Crippen LogP contribution is -2.46. The number of hydrogen-bond acceptors (Lipinski definition) is 6. The summed E-state index contributed by atoms with van der Waals surface area (Å²) in [5, 5.41) is 3.49. The van der Waals surface area contributed by atoms with Crippen molar-refractivity contribution in [2.24, 2.45) is 0 Å². The molecule has 0 atom stereocenters. The van der Waals surface area contributed by atoms with Crippen LogP contribution in [0.15, 0.2) is 46.2 Å². The molecular weight excluding hydrogens is 372 g/mol. The van der Waals surface area contributed by atoms with E-state index < -0.39 is 0 Å². The highest BCUT2D eigenvalue weighted by atomic mass is 16.2. The number of aromatic nitrogens is 4. The maximum absolute atomic E-state index is 12.5. The highest BCUT2D eigenvalue weighted by Gasteiger charge is 2.22. The fourth-order valence-corrected chi connectivity index (χ4v) is 3.60. The van der Waals surface area contributed by atoms with Crippen LogP contribution in [0.5, 0.6) is 0 Å². The SMILES string of the molecule is Cc1cc(=O)[nH]c(N2CCC(NC(=O)Cn3cnc4ccccc4c3=O)CC2)n1. The first-order chi connectivity index (χ1) is 14.0. The van der Waals surface area contributed by atoms with Crippen molar-refractivity contribution in [3.05, 3.63) is 63.1 Å². The van der Waals surface area contributed by atoms with Gasteiger partial charge in [-0.3, -0.25) is 23.9 Å². The maximum atomic E-state index is 12.5. The van der Waals surface area contributed by atoms with Gasteiger partial charge < -0.3 is 10.2 Å². The molecule has 9 heteroatoms. The molecule has 1 aliphatic rings. The summed E-state index contributed by atoms with van der Waals surface area (Å²) < 4.78 is 1.33. The van der Waals surface area contributed by atoms with E-state index in [-0.39, 0.29) is 29.6 Å². The quantitative estimate of drug-likeness (QED) is 0.669. The number of carbonyl (C=O) groups excluding carboxylic acids is 1. The maximum Gasteiger partial charge on any atom is 0.261 e. The van der Waals surface area contributed by atoms with Crippen LogP contribution in [0.2, 0.25) is 0 Å². The molecule has 0 bridgehead atoms. The molecule has 1 aromatic carbocycles. The van der Waals surface area contributed by atoms with Crippen molar-refractivity contribution in [3.63, 3.8) is 0 Å². The molecule has 29 heavy (non-hydrogen) atoms. The molecule has 1 amide bonds. The van der Waals surface area contributed by atoms with E-state index >= 15 is 0 Å². The molecule has 0 saturated carbocycles. The Bertz CT molecular complexity index is 1160. The second-order valence-corrected chi connectivity index (χ2v) is 7.23. The van der Waals surface area contributed by atoms with Crippen LogP contribution in [0.25, 0.3) is 10.9 Å². The van der Waals surface area contributed by atoms with Gasteiger partial charge in [0.05, 0.1) is 17.2 Å². The Morgan fingerprint density at radius 2 is 2.00 bits per heavy atom. The number of para-hydroxylation sites is 1. The van der Waals surface area contributed by atoms with Crippen LogP contribution in [-0.2, 0) is 11.3 Å². The van der Waals surface area contributed by atoms with Gasteiger partial charge in [-0.05, 0) is 31.9 Å². The Labute approximate surface area is 166 Å². The van der Waals surface area contributed by atoms with E-state index in [9.17, 15) is 14.4 Å².